The second-order valence-corrected chi connectivity index (χ2v) is 4.01. The molecule has 1 aromatic heterocycles. The van der Waals surface area contributed by atoms with E-state index in [9.17, 15) is 9.59 Å². The van der Waals surface area contributed by atoms with E-state index in [4.69, 9.17) is 0 Å². The molecule has 0 radical (unpaired) electrons. The monoisotopic (exact) mass is 237 g/mol. The van der Waals surface area contributed by atoms with Crippen molar-refractivity contribution in [2.75, 3.05) is 25.1 Å². The SMILES string of the molecule is COC(=O)Cc1cnc(N2CCCC2)[nH]c1=O. The molecule has 0 aromatic carbocycles. The topological polar surface area (TPSA) is 75.3 Å². The van der Waals surface area contributed by atoms with E-state index in [1.165, 1.54) is 13.3 Å². The summed E-state index contributed by atoms with van der Waals surface area (Å²) in [5.74, 6) is 0.146. The van der Waals surface area contributed by atoms with E-state index in [-0.39, 0.29) is 12.0 Å². The number of carbonyl (C=O) groups excluding carboxylic acids is 1. The van der Waals surface area contributed by atoms with Gasteiger partial charge < -0.3 is 9.64 Å². The number of hydrogen-bond donors (Lipinski definition) is 1. The predicted octanol–water partition coefficient (Wildman–Crippen LogP) is 0.0856. The molecule has 1 fully saturated rings. The van der Waals surface area contributed by atoms with E-state index in [2.05, 4.69) is 14.7 Å². The van der Waals surface area contributed by atoms with Gasteiger partial charge in [-0.25, -0.2) is 4.98 Å². The summed E-state index contributed by atoms with van der Waals surface area (Å²) in [5, 5.41) is 0. The van der Waals surface area contributed by atoms with Crippen molar-refractivity contribution in [2.45, 2.75) is 19.3 Å². The van der Waals surface area contributed by atoms with Gasteiger partial charge in [0.25, 0.3) is 5.56 Å². The first-order valence-electron chi connectivity index (χ1n) is 5.60. The van der Waals surface area contributed by atoms with E-state index in [1.807, 2.05) is 4.90 Å². The van der Waals surface area contributed by atoms with Crippen LogP contribution in [0.4, 0.5) is 5.95 Å². The second-order valence-electron chi connectivity index (χ2n) is 4.01. The molecule has 0 saturated carbocycles. The van der Waals surface area contributed by atoms with Crippen LogP contribution in [0.15, 0.2) is 11.0 Å². The van der Waals surface area contributed by atoms with Gasteiger partial charge in [-0.05, 0) is 12.8 Å². The van der Waals surface area contributed by atoms with Gasteiger partial charge in [-0.1, -0.05) is 0 Å². The Hall–Kier alpha value is -1.85. The van der Waals surface area contributed by atoms with Crippen LogP contribution in [0.25, 0.3) is 0 Å². The van der Waals surface area contributed by atoms with Gasteiger partial charge in [0, 0.05) is 24.8 Å². The number of H-pyrrole nitrogens is 1. The van der Waals surface area contributed by atoms with Crippen molar-refractivity contribution >= 4 is 11.9 Å². The Bertz CT molecular complexity index is 463. The number of anilines is 1. The zero-order chi connectivity index (χ0) is 12.3. The van der Waals surface area contributed by atoms with Crippen molar-refractivity contribution in [3.05, 3.63) is 22.1 Å². The Morgan fingerprint density at radius 1 is 1.53 bits per heavy atom. The molecule has 6 nitrogen and oxygen atoms in total. The third kappa shape index (κ3) is 2.64. The normalized spacial score (nSPS) is 15.0. The minimum Gasteiger partial charge on any atom is -0.469 e. The molecule has 0 spiro atoms. The Morgan fingerprint density at radius 2 is 2.24 bits per heavy atom. The van der Waals surface area contributed by atoms with E-state index < -0.39 is 5.97 Å². The molecule has 1 aliphatic heterocycles. The lowest BCUT2D eigenvalue weighted by atomic mass is 10.2. The summed E-state index contributed by atoms with van der Waals surface area (Å²) in [6, 6.07) is 0. The van der Waals surface area contributed by atoms with Gasteiger partial charge in [-0.3, -0.25) is 14.6 Å². The first-order valence-corrected chi connectivity index (χ1v) is 5.60. The molecule has 1 aromatic rings. The first-order chi connectivity index (χ1) is 8.20. The summed E-state index contributed by atoms with van der Waals surface area (Å²) in [4.78, 5) is 31.7. The summed E-state index contributed by atoms with van der Waals surface area (Å²) in [5.41, 5.74) is 0.0621. The molecular formula is C11H15N3O3. The second kappa shape index (κ2) is 4.99. The molecule has 2 rings (SSSR count). The van der Waals surface area contributed by atoms with Crippen LogP contribution < -0.4 is 10.5 Å². The van der Waals surface area contributed by atoms with E-state index in [0.717, 1.165) is 25.9 Å². The van der Waals surface area contributed by atoms with Crippen LogP contribution >= 0.6 is 0 Å². The average molecular weight is 237 g/mol. The highest BCUT2D eigenvalue weighted by atomic mass is 16.5. The van der Waals surface area contributed by atoms with Gasteiger partial charge in [0.1, 0.15) is 0 Å². The van der Waals surface area contributed by atoms with Crippen LogP contribution in [0.3, 0.4) is 0 Å². The largest absolute Gasteiger partial charge is 0.469 e. The van der Waals surface area contributed by atoms with Crippen LogP contribution in [0, 0.1) is 0 Å². The third-order valence-electron chi connectivity index (χ3n) is 2.83. The van der Waals surface area contributed by atoms with Gasteiger partial charge in [0.05, 0.1) is 13.5 Å². The summed E-state index contributed by atoms with van der Waals surface area (Å²) in [6.07, 6.45) is 3.64. The minimum atomic E-state index is -0.439. The summed E-state index contributed by atoms with van der Waals surface area (Å²) < 4.78 is 4.51. The summed E-state index contributed by atoms with van der Waals surface area (Å²) in [6.45, 7) is 1.83. The molecular weight excluding hydrogens is 222 g/mol. The number of esters is 1. The highest BCUT2D eigenvalue weighted by molar-refractivity contribution is 5.72. The maximum absolute atomic E-state index is 11.7. The summed E-state index contributed by atoms with van der Waals surface area (Å²) in [7, 11) is 1.29. The number of nitrogens with one attached hydrogen (secondary N) is 1. The van der Waals surface area contributed by atoms with E-state index in [1.54, 1.807) is 0 Å². The highest BCUT2D eigenvalue weighted by Crippen LogP contribution is 2.13. The summed E-state index contributed by atoms with van der Waals surface area (Å²) >= 11 is 0. The number of ether oxygens (including phenoxy) is 1. The Kier molecular flexibility index (Phi) is 3.41. The minimum absolute atomic E-state index is 0.0425. The van der Waals surface area contributed by atoms with Crippen molar-refractivity contribution in [1.29, 1.82) is 0 Å². The maximum Gasteiger partial charge on any atom is 0.310 e. The fraction of sp³-hybridized carbons (Fsp3) is 0.545. The first kappa shape index (κ1) is 11.6. The molecule has 0 amide bonds. The molecule has 0 unspecified atom stereocenters. The zero-order valence-electron chi connectivity index (χ0n) is 9.73. The van der Waals surface area contributed by atoms with Crippen molar-refractivity contribution in [3.63, 3.8) is 0 Å². The van der Waals surface area contributed by atoms with E-state index in [0.29, 0.717) is 11.5 Å². The molecule has 6 heteroatoms. The molecule has 0 atom stereocenters. The molecule has 0 aliphatic carbocycles. The lowest BCUT2D eigenvalue weighted by Crippen LogP contribution is -2.26. The molecule has 1 saturated heterocycles. The van der Waals surface area contributed by atoms with Crippen molar-refractivity contribution in [2.24, 2.45) is 0 Å². The van der Waals surface area contributed by atoms with Crippen molar-refractivity contribution in [3.8, 4) is 0 Å². The molecule has 92 valence electrons. The van der Waals surface area contributed by atoms with Gasteiger partial charge >= 0.3 is 5.97 Å². The average Bonchev–Trinajstić information content (AvgIpc) is 2.85. The highest BCUT2D eigenvalue weighted by Gasteiger charge is 2.15. The van der Waals surface area contributed by atoms with Gasteiger partial charge in [-0.15, -0.1) is 0 Å². The number of aromatic amines is 1. The Labute approximate surface area is 98.6 Å². The predicted molar refractivity (Wildman–Crippen MR) is 62.0 cm³/mol. The Balaban J connectivity index is 2.16. The number of hydrogen-bond acceptors (Lipinski definition) is 5. The fourth-order valence-corrected chi connectivity index (χ4v) is 1.86. The standard InChI is InChI=1S/C11H15N3O3/c1-17-9(15)6-8-7-12-11(13-10(8)16)14-4-2-3-5-14/h7H,2-6H2,1H3,(H,12,13,16). The Morgan fingerprint density at radius 3 is 2.82 bits per heavy atom. The van der Waals surface area contributed by atoms with Crippen LogP contribution in [0.5, 0.6) is 0 Å². The zero-order valence-corrected chi connectivity index (χ0v) is 9.73. The number of methoxy groups -OCH3 is 1. The lowest BCUT2D eigenvalue weighted by Gasteiger charge is -2.15. The lowest BCUT2D eigenvalue weighted by molar-refractivity contribution is -0.139. The number of carbonyl (C=O) groups is 1. The van der Waals surface area contributed by atoms with Gasteiger partial charge in [-0.2, -0.15) is 0 Å². The number of aromatic nitrogens is 2. The molecule has 1 N–H and O–H groups in total. The number of rotatable bonds is 3. The molecule has 0 bridgehead atoms. The quantitative estimate of drug-likeness (QED) is 0.754. The smallest absolute Gasteiger partial charge is 0.310 e. The van der Waals surface area contributed by atoms with Crippen LogP contribution in [-0.4, -0.2) is 36.1 Å². The molecule has 17 heavy (non-hydrogen) atoms. The molecule has 1 aliphatic rings. The van der Waals surface area contributed by atoms with E-state index >= 15 is 0 Å². The van der Waals surface area contributed by atoms with Crippen LogP contribution in [0.1, 0.15) is 18.4 Å². The third-order valence-corrected chi connectivity index (χ3v) is 2.83. The van der Waals surface area contributed by atoms with Crippen LogP contribution in [-0.2, 0) is 16.0 Å². The number of nitrogens with zero attached hydrogens (tertiary/aromatic N) is 2. The van der Waals surface area contributed by atoms with Crippen molar-refractivity contribution in [1.82, 2.24) is 9.97 Å². The maximum atomic E-state index is 11.7. The van der Waals surface area contributed by atoms with Crippen LogP contribution in [0.2, 0.25) is 0 Å². The van der Waals surface area contributed by atoms with Gasteiger partial charge in [0.15, 0.2) is 0 Å². The molecule has 2 heterocycles. The van der Waals surface area contributed by atoms with Gasteiger partial charge in [0.2, 0.25) is 5.95 Å². The fourth-order valence-electron chi connectivity index (χ4n) is 1.86. The van der Waals surface area contributed by atoms with Crippen molar-refractivity contribution < 1.29 is 9.53 Å².